The van der Waals surface area contributed by atoms with Gasteiger partial charge in [0.2, 0.25) is 0 Å². The maximum absolute atomic E-state index is 11.8. The quantitative estimate of drug-likeness (QED) is 0.446. The first kappa shape index (κ1) is 22.9. The number of alkyl carbamates (subject to hydrolysis) is 1. The summed E-state index contributed by atoms with van der Waals surface area (Å²) < 4.78 is 5.16. The van der Waals surface area contributed by atoms with Crippen LogP contribution in [-0.4, -0.2) is 36.6 Å². The number of unbranched alkanes of at least 4 members (excludes halogenated alkanes) is 5. The normalized spacial score (nSPS) is 12.7. The number of hydrogen-bond donors (Lipinski definition) is 3. The summed E-state index contributed by atoms with van der Waals surface area (Å²) in [5.74, 6) is 0.165. The van der Waals surface area contributed by atoms with Gasteiger partial charge in [0, 0.05) is 13.0 Å². The third kappa shape index (κ3) is 14.5. The second kappa shape index (κ2) is 13.2. The fourth-order valence-electron chi connectivity index (χ4n) is 2.31. The molecule has 142 valence electrons. The Kier molecular flexibility index (Phi) is 12.6. The van der Waals surface area contributed by atoms with Crippen LogP contribution in [0.15, 0.2) is 0 Å². The molecule has 0 aliphatic rings. The van der Waals surface area contributed by atoms with E-state index in [2.05, 4.69) is 5.32 Å². The van der Waals surface area contributed by atoms with Crippen LogP contribution in [0.5, 0.6) is 0 Å². The van der Waals surface area contributed by atoms with Gasteiger partial charge in [-0.05, 0) is 53.0 Å². The molecule has 24 heavy (non-hydrogen) atoms. The van der Waals surface area contributed by atoms with Crippen molar-refractivity contribution in [3.63, 3.8) is 0 Å². The smallest absolute Gasteiger partial charge is 0.407 e. The van der Waals surface area contributed by atoms with E-state index < -0.39 is 5.60 Å². The first-order chi connectivity index (χ1) is 11.3. The number of Topliss-reactive ketones (excluding diaryl/α,β-unsaturated/α-hetero) is 1. The Hall–Kier alpha value is -1.14. The predicted octanol–water partition coefficient (Wildman–Crippen LogP) is 2.88. The summed E-state index contributed by atoms with van der Waals surface area (Å²) in [4.78, 5) is 23.3. The summed E-state index contributed by atoms with van der Waals surface area (Å²) in [6, 6.07) is -0.324. The van der Waals surface area contributed by atoms with Gasteiger partial charge < -0.3 is 21.5 Å². The lowest BCUT2D eigenvalue weighted by atomic mass is 10.0. The van der Waals surface area contributed by atoms with Gasteiger partial charge in [0.25, 0.3) is 0 Å². The van der Waals surface area contributed by atoms with Crippen molar-refractivity contribution < 1.29 is 14.3 Å². The third-order valence-electron chi connectivity index (χ3n) is 3.65. The highest BCUT2D eigenvalue weighted by Gasteiger charge is 2.15. The van der Waals surface area contributed by atoms with Gasteiger partial charge in [0.15, 0.2) is 0 Å². The van der Waals surface area contributed by atoms with Crippen molar-refractivity contribution in [2.75, 3.05) is 13.1 Å². The van der Waals surface area contributed by atoms with Crippen molar-refractivity contribution in [1.82, 2.24) is 5.32 Å². The van der Waals surface area contributed by atoms with E-state index in [1.807, 2.05) is 20.8 Å². The van der Waals surface area contributed by atoms with Crippen LogP contribution in [0.1, 0.15) is 78.6 Å². The van der Waals surface area contributed by atoms with Gasteiger partial charge in [-0.25, -0.2) is 4.79 Å². The Labute approximate surface area is 147 Å². The molecule has 0 radical (unpaired) electrons. The average Bonchev–Trinajstić information content (AvgIpc) is 2.48. The molecule has 6 nitrogen and oxygen atoms in total. The minimum absolute atomic E-state index is 0.165. The highest BCUT2D eigenvalue weighted by molar-refractivity contribution is 5.83. The molecule has 0 heterocycles. The second-order valence-electron chi connectivity index (χ2n) is 7.30. The van der Waals surface area contributed by atoms with Crippen LogP contribution in [-0.2, 0) is 9.53 Å². The largest absolute Gasteiger partial charge is 0.444 e. The first-order valence-corrected chi connectivity index (χ1v) is 9.21. The van der Waals surface area contributed by atoms with Gasteiger partial charge in [-0.3, -0.25) is 4.79 Å². The van der Waals surface area contributed by atoms with E-state index in [4.69, 9.17) is 16.2 Å². The number of amides is 1. The summed E-state index contributed by atoms with van der Waals surface area (Å²) in [6.07, 6.45) is 7.73. The van der Waals surface area contributed by atoms with E-state index in [-0.39, 0.29) is 17.9 Å². The van der Waals surface area contributed by atoms with E-state index >= 15 is 0 Å². The van der Waals surface area contributed by atoms with Gasteiger partial charge in [0.1, 0.15) is 11.4 Å². The van der Waals surface area contributed by atoms with Gasteiger partial charge in [-0.2, -0.15) is 0 Å². The fourth-order valence-corrected chi connectivity index (χ4v) is 2.31. The molecular weight excluding hydrogens is 306 g/mol. The monoisotopic (exact) mass is 343 g/mol. The molecule has 0 unspecified atom stereocenters. The Morgan fingerprint density at radius 1 is 1.00 bits per heavy atom. The van der Waals surface area contributed by atoms with E-state index in [9.17, 15) is 9.59 Å². The third-order valence-corrected chi connectivity index (χ3v) is 3.65. The van der Waals surface area contributed by atoms with Crippen LogP contribution in [0.3, 0.4) is 0 Å². The molecule has 0 fully saturated rings. The molecule has 0 aromatic rings. The highest BCUT2D eigenvalue weighted by atomic mass is 16.6. The van der Waals surface area contributed by atoms with Gasteiger partial charge >= 0.3 is 6.09 Å². The van der Waals surface area contributed by atoms with Crippen LogP contribution >= 0.6 is 0 Å². The molecule has 0 rings (SSSR count). The van der Waals surface area contributed by atoms with Gasteiger partial charge in [0.05, 0.1) is 6.04 Å². The van der Waals surface area contributed by atoms with Crippen molar-refractivity contribution in [3.05, 3.63) is 0 Å². The lowest BCUT2D eigenvalue weighted by Gasteiger charge is -2.19. The minimum atomic E-state index is -0.457. The fraction of sp³-hybridized carbons (Fsp3) is 0.889. The maximum Gasteiger partial charge on any atom is 0.407 e. The van der Waals surface area contributed by atoms with E-state index in [0.29, 0.717) is 19.5 Å². The minimum Gasteiger partial charge on any atom is -0.444 e. The maximum atomic E-state index is 11.8. The van der Waals surface area contributed by atoms with Crippen molar-refractivity contribution in [3.8, 4) is 0 Å². The summed E-state index contributed by atoms with van der Waals surface area (Å²) in [5, 5.41) is 2.75. The van der Waals surface area contributed by atoms with Crippen LogP contribution < -0.4 is 16.8 Å². The highest BCUT2D eigenvalue weighted by Crippen LogP contribution is 2.09. The molecule has 0 saturated carbocycles. The Bertz CT molecular complexity index is 354. The molecule has 0 spiro atoms. The van der Waals surface area contributed by atoms with Crippen molar-refractivity contribution in [2.45, 2.75) is 90.2 Å². The molecule has 0 aromatic heterocycles. The molecule has 0 saturated heterocycles. The number of carbonyl (C=O) groups excluding carboxylic acids is 2. The summed E-state index contributed by atoms with van der Waals surface area (Å²) in [5.41, 5.74) is 10.8. The van der Waals surface area contributed by atoms with E-state index in [1.165, 1.54) is 0 Å². The molecule has 0 aliphatic carbocycles. The predicted molar refractivity (Wildman–Crippen MR) is 97.8 cm³/mol. The topological polar surface area (TPSA) is 107 Å². The zero-order valence-electron chi connectivity index (χ0n) is 15.7. The molecule has 1 atom stereocenters. The molecular formula is C18H37N3O3. The zero-order chi connectivity index (χ0) is 18.4. The molecule has 1 amide bonds. The Balaban J connectivity index is 3.47. The zero-order valence-corrected chi connectivity index (χ0v) is 15.7. The summed E-state index contributed by atoms with van der Waals surface area (Å²) in [6.45, 7) is 6.82. The number of nitrogens with two attached hydrogens (primary N) is 2. The molecule has 0 aromatic carbocycles. The molecule has 0 aliphatic heterocycles. The number of ketones is 1. The van der Waals surface area contributed by atoms with Crippen molar-refractivity contribution in [1.29, 1.82) is 0 Å². The van der Waals surface area contributed by atoms with Crippen LogP contribution in [0.2, 0.25) is 0 Å². The van der Waals surface area contributed by atoms with Gasteiger partial charge in [-0.15, -0.1) is 0 Å². The number of carbonyl (C=O) groups is 2. The number of ether oxygens (including phenoxy) is 1. The van der Waals surface area contributed by atoms with Crippen molar-refractivity contribution >= 4 is 11.9 Å². The van der Waals surface area contributed by atoms with Crippen molar-refractivity contribution in [2.24, 2.45) is 11.5 Å². The number of nitrogens with one attached hydrogen (secondary N) is 1. The van der Waals surface area contributed by atoms with E-state index in [0.717, 1.165) is 51.4 Å². The SMILES string of the molecule is CC(C)(C)OC(=O)NCCCCCCCC(=O)[C@@H](N)CCCCN. The first-order valence-electron chi connectivity index (χ1n) is 9.21. The van der Waals surface area contributed by atoms with Crippen LogP contribution in [0.25, 0.3) is 0 Å². The lowest BCUT2D eigenvalue weighted by Crippen LogP contribution is -2.32. The molecule has 5 N–H and O–H groups in total. The number of hydrogen-bond acceptors (Lipinski definition) is 5. The Morgan fingerprint density at radius 3 is 2.25 bits per heavy atom. The summed E-state index contributed by atoms with van der Waals surface area (Å²) in [7, 11) is 0. The lowest BCUT2D eigenvalue weighted by molar-refractivity contribution is -0.120. The number of rotatable bonds is 13. The second-order valence-corrected chi connectivity index (χ2v) is 7.30. The molecule has 6 heteroatoms. The average molecular weight is 344 g/mol. The van der Waals surface area contributed by atoms with Crippen LogP contribution in [0.4, 0.5) is 4.79 Å². The van der Waals surface area contributed by atoms with Gasteiger partial charge in [-0.1, -0.05) is 25.7 Å². The van der Waals surface area contributed by atoms with Crippen LogP contribution in [0, 0.1) is 0 Å². The standard InChI is InChI=1S/C18H37N3O3/c1-18(2,3)24-17(23)21-14-10-6-4-5-7-12-16(22)15(20)11-8-9-13-19/h15H,4-14,19-20H2,1-3H3,(H,21,23)/t15-/m0/s1. The molecule has 0 bridgehead atoms. The summed E-state index contributed by atoms with van der Waals surface area (Å²) >= 11 is 0. The van der Waals surface area contributed by atoms with E-state index in [1.54, 1.807) is 0 Å². The Morgan fingerprint density at radius 2 is 1.62 bits per heavy atom.